The number of aromatic nitrogens is 3. The number of hydrogen-bond acceptors (Lipinski definition) is 3. The Morgan fingerprint density at radius 1 is 1.35 bits per heavy atom. The fraction of sp³-hybridized carbons (Fsp3) is 0.357. The average Bonchev–Trinajstić information content (AvgIpc) is 3.01. The number of H-pyrrole nitrogens is 1. The van der Waals surface area contributed by atoms with E-state index in [0.717, 1.165) is 41.9 Å². The van der Waals surface area contributed by atoms with Gasteiger partial charge in [-0.15, -0.1) is 0 Å². The number of aromatic amines is 1. The minimum atomic E-state index is 0.438. The van der Waals surface area contributed by atoms with Crippen molar-refractivity contribution in [3.8, 4) is 0 Å². The lowest BCUT2D eigenvalue weighted by molar-refractivity contribution is 0.487. The van der Waals surface area contributed by atoms with Crippen molar-refractivity contribution in [2.45, 2.75) is 18.8 Å². The third kappa shape index (κ3) is 2.41. The van der Waals surface area contributed by atoms with E-state index in [1.54, 1.807) is 6.33 Å². The number of halogens is 1. The van der Waals surface area contributed by atoms with Gasteiger partial charge < -0.3 is 4.90 Å². The van der Waals surface area contributed by atoms with Gasteiger partial charge in [0.2, 0.25) is 5.69 Å². The summed E-state index contributed by atoms with van der Waals surface area (Å²) in [6, 6.07) is 5.77. The van der Waals surface area contributed by atoms with Gasteiger partial charge in [0, 0.05) is 23.5 Å². The van der Waals surface area contributed by atoms with Crippen LogP contribution >= 0.6 is 15.9 Å². The van der Waals surface area contributed by atoms with Crippen molar-refractivity contribution in [3.63, 3.8) is 0 Å². The Hall–Kier alpha value is -1.87. The predicted molar refractivity (Wildman–Crippen MR) is 81.0 cm³/mol. The molecular formula is C14H14BrN5. The SMILES string of the molecule is [C-]#[N+]c1cccc(Br)c1N1CCC(c2ncn[nH]2)CC1. The molecule has 2 aromatic rings. The average molecular weight is 332 g/mol. The molecule has 2 heterocycles. The van der Waals surface area contributed by atoms with Gasteiger partial charge >= 0.3 is 0 Å². The zero-order valence-corrected chi connectivity index (χ0v) is 12.5. The summed E-state index contributed by atoms with van der Waals surface area (Å²) in [6.07, 6.45) is 3.61. The number of benzene rings is 1. The van der Waals surface area contributed by atoms with E-state index >= 15 is 0 Å². The summed E-state index contributed by atoms with van der Waals surface area (Å²) in [7, 11) is 0. The lowest BCUT2D eigenvalue weighted by Gasteiger charge is -2.34. The standard InChI is InChI=1S/C14H14BrN5/c1-16-12-4-2-3-11(15)13(12)20-7-5-10(6-8-20)14-17-9-18-19-14/h2-4,9-10H,5-8H2,(H,17,18,19). The summed E-state index contributed by atoms with van der Waals surface area (Å²) >= 11 is 3.56. The molecule has 20 heavy (non-hydrogen) atoms. The van der Waals surface area contributed by atoms with E-state index in [4.69, 9.17) is 6.57 Å². The normalized spacial score (nSPS) is 16.1. The van der Waals surface area contributed by atoms with Crippen LogP contribution in [0.2, 0.25) is 0 Å². The summed E-state index contributed by atoms with van der Waals surface area (Å²) < 4.78 is 0.990. The molecule has 0 spiro atoms. The molecule has 1 aromatic carbocycles. The molecule has 1 fully saturated rings. The monoisotopic (exact) mass is 331 g/mol. The number of rotatable bonds is 2. The van der Waals surface area contributed by atoms with Crippen LogP contribution in [0.25, 0.3) is 4.85 Å². The maximum atomic E-state index is 7.31. The summed E-state index contributed by atoms with van der Waals surface area (Å²) in [5.41, 5.74) is 1.72. The second-order valence-electron chi connectivity index (χ2n) is 4.85. The Morgan fingerprint density at radius 3 is 2.80 bits per heavy atom. The highest BCUT2D eigenvalue weighted by Crippen LogP contribution is 2.39. The number of para-hydroxylation sites is 1. The van der Waals surface area contributed by atoms with Crippen molar-refractivity contribution in [2.24, 2.45) is 0 Å². The Bertz CT molecular complexity index is 624. The zero-order valence-electron chi connectivity index (χ0n) is 10.9. The number of anilines is 1. The van der Waals surface area contributed by atoms with Gasteiger partial charge in [0.25, 0.3) is 0 Å². The molecule has 102 valence electrons. The fourth-order valence-electron chi connectivity index (χ4n) is 2.70. The third-order valence-corrected chi connectivity index (χ3v) is 4.36. The minimum Gasteiger partial charge on any atom is -0.379 e. The Labute approximate surface area is 126 Å². The van der Waals surface area contributed by atoms with Gasteiger partial charge in [0.05, 0.1) is 12.3 Å². The molecule has 0 amide bonds. The van der Waals surface area contributed by atoms with Crippen LogP contribution in [0.5, 0.6) is 0 Å². The first-order valence-electron chi connectivity index (χ1n) is 6.56. The lowest BCUT2D eigenvalue weighted by Crippen LogP contribution is -2.33. The zero-order chi connectivity index (χ0) is 13.9. The van der Waals surface area contributed by atoms with Gasteiger partial charge in [0.1, 0.15) is 12.2 Å². The van der Waals surface area contributed by atoms with E-state index in [-0.39, 0.29) is 0 Å². The second-order valence-corrected chi connectivity index (χ2v) is 5.71. The second kappa shape index (κ2) is 5.63. The van der Waals surface area contributed by atoms with Gasteiger partial charge in [-0.25, -0.2) is 9.83 Å². The van der Waals surface area contributed by atoms with Gasteiger partial charge in [-0.3, -0.25) is 5.10 Å². The largest absolute Gasteiger partial charge is 0.379 e. The fourth-order valence-corrected chi connectivity index (χ4v) is 3.30. The Kier molecular flexibility index (Phi) is 3.70. The van der Waals surface area contributed by atoms with E-state index in [9.17, 15) is 0 Å². The molecule has 1 aliphatic rings. The van der Waals surface area contributed by atoms with E-state index in [2.05, 4.69) is 40.9 Å². The molecule has 5 nitrogen and oxygen atoms in total. The van der Waals surface area contributed by atoms with Crippen LogP contribution in [0.15, 0.2) is 29.0 Å². The summed E-state index contributed by atoms with van der Waals surface area (Å²) in [4.78, 5) is 10.2. The molecule has 0 unspecified atom stereocenters. The summed E-state index contributed by atoms with van der Waals surface area (Å²) in [6.45, 7) is 9.16. The smallest absolute Gasteiger partial charge is 0.210 e. The Balaban J connectivity index is 1.77. The van der Waals surface area contributed by atoms with Crippen LogP contribution in [-0.4, -0.2) is 28.3 Å². The van der Waals surface area contributed by atoms with Crippen molar-refractivity contribution in [1.82, 2.24) is 15.2 Å². The minimum absolute atomic E-state index is 0.438. The highest BCUT2D eigenvalue weighted by Gasteiger charge is 2.24. The number of piperidine rings is 1. The predicted octanol–water partition coefficient (Wildman–Crippen LogP) is 3.50. The lowest BCUT2D eigenvalue weighted by atomic mass is 9.95. The van der Waals surface area contributed by atoms with E-state index in [1.807, 2.05) is 18.2 Å². The number of nitrogens with zero attached hydrogens (tertiary/aromatic N) is 4. The van der Waals surface area contributed by atoms with Crippen LogP contribution in [0.4, 0.5) is 11.4 Å². The van der Waals surface area contributed by atoms with Crippen LogP contribution in [0.3, 0.4) is 0 Å². The molecule has 1 saturated heterocycles. The van der Waals surface area contributed by atoms with Crippen LogP contribution in [0, 0.1) is 6.57 Å². The molecule has 0 saturated carbocycles. The first kappa shape index (κ1) is 13.1. The first-order valence-corrected chi connectivity index (χ1v) is 7.35. The molecule has 6 heteroatoms. The van der Waals surface area contributed by atoms with Gasteiger partial charge in [-0.2, -0.15) is 5.10 Å². The topological polar surface area (TPSA) is 49.2 Å². The quantitative estimate of drug-likeness (QED) is 0.857. The first-order chi connectivity index (χ1) is 9.79. The number of nitrogens with one attached hydrogen (secondary N) is 1. The molecule has 0 bridgehead atoms. The van der Waals surface area contributed by atoms with Crippen molar-refractivity contribution in [1.29, 1.82) is 0 Å². The molecule has 3 rings (SSSR count). The molecular weight excluding hydrogens is 318 g/mol. The van der Waals surface area contributed by atoms with E-state index in [1.165, 1.54) is 0 Å². The number of hydrogen-bond donors (Lipinski definition) is 1. The molecule has 0 atom stereocenters. The van der Waals surface area contributed by atoms with Crippen molar-refractivity contribution in [3.05, 3.63) is 46.2 Å². The molecule has 1 aliphatic heterocycles. The maximum Gasteiger partial charge on any atom is 0.210 e. The maximum absolute atomic E-state index is 7.31. The van der Waals surface area contributed by atoms with Crippen LogP contribution in [-0.2, 0) is 0 Å². The van der Waals surface area contributed by atoms with Crippen molar-refractivity contribution in [2.75, 3.05) is 18.0 Å². The van der Waals surface area contributed by atoms with Crippen molar-refractivity contribution >= 4 is 27.3 Å². The van der Waals surface area contributed by atoms with Gasteiger partial charge in [-0.05, 0) is 18.9 Å². The molecule has 1 aromatic heterocycles. The van der Waals surface area contributed by atoms with E-state index in [0.29, 0.717) is 11.6 Å². The van der Waals surface area contributed by atoms with Gasteiger partial charge in [0.15, 0.2) is 0 Å². The molecule has 0 radical (unpaired) electrons. The summed E-state index contributed by atoms with van der Waals surface area (Å²) in [5.74, 6) is 1.41. The highest BCUT2D eigenvalue weighted by molar-refractivity contribution is 9.10. The van der Waals surface area contributed by atoms with Crippen LogP contribution < -0.4 is 4.90 Å². The van der Waals surface area contributed by atoms with E-state index < -0.39 is 0 Å². The molecule has 1 N–H and O–H groups in total. The van der Waals surface area contributed by atoms with Gasteiger partial charge in [-0.1, -0.05) is 28.1 Å². The van der Waals surface area contributed by atoms with Crippen LogP contribution in [0.1, 0.15) is 24.6 Å². The molecule has 0 aliphatic carbocycles. The highest BCUT2D eigenvalue weighted by atomic mass is 79.9. The van der Waals surface area contributed by atoms with Crippen molar-refractivity contribution < 1.29 is 0 Å². The third-order valence-electron chi connectivity index (χ3n) is 3.72. The summed E-state index contributed by atoms with van der Waals surface area (Å²) in [5, 5.41) is 6.88. The Morgan fingerprint density at radius 2 is 2.15 bits per heavy atom.